The smallest absolute Gasteiger partial charge is 0.249 e. The summed E-state index contributed by atoms with van der Waals surface area (Å²) in [6, 6.07) is 28.8. The molecule has 144 valence electrons. The van der Waals surface area contributed by atoms with E-state index in [9.17, 15) is 0 Å². The predicted octanol–water partition coefficient (Wildman–Crippen LogP) is 5.87. The van der Waals surface area contributed by atoms with Gasteiger partial charge in [-0.3, -0.25) is 0 Å². The summed E-state index contributed by atoms with van der Waals surface area (Å²) in [5, 5.41) is 6.86. The number of anilines is 1. The van der Waals surface area contributed by atoms with Crippen molar-refractivity contribution in [3.63, 3.8) is 0 Å². The Morgan fingerprint density at radius 2 is 1.59 bits per heavy atom. The molecule has 0 saturated carbocycles. The molecule has 3 nitrogen and oxygen atoms in total. The van der Waals surface area contributed by atoms with Gasteiger partial charge in [-0.2, -0.15) is 0 Å². The lowest BCUT2D eigenvalue weighted by atomic mass is 10.1. The van der Waals surface area contributed by atoms with Gasteiger partial charge >= 0.3 is 0 Å². The molecule has 0 aliphatic rings. The zero-order valence-electron chi connectivity index (χ0n) is 16.3. The first-order valence-corrected chi connectivity index (χ1v) is 10.3. The summed E-state index contributed by atoms with van der Waals surface area (Å²) >= 11 is 1.75. The van der Waals surface area contributed by atoms with Gasteiger partial charge in [0.1, 0.15) is 5.75 Å². The van der Waals surface area contributed by atoms with E-state index in [1.807, 2.05) is 36.4 Å². The van der Waals surface area contributed by atoms with Crippen LogP contribution in [0.4, 0.5) is 5.69 Å². The number of nitrogens with zero attached hydrogens (tertiary/aromatic N) is 1. The van der Waals surface area contributed by atoms with Crippen LogP contribution in [-0.2, 0) is 6.42 Å². The van der Waals surface area contributed by atoms with Crippen molar-refractivity contribution in [3.05, 3.63) is 108 Å². The van der Waals surface area contributed by atoms with Crippen LogP contribution < -0.4 is 14.6 Å². The molecule has 4 rings (SSSR count). The number of aromatic nitrogens is 1. The fraction of sp³-hybridized carbons (Fsp3) is 0.0800. The molecule has 29 heavy (non-hydrogen) atoms. The average molecular weight is 400 g/mol. The second-order valence-corrected chi connectivity index (χ2v) is 7.63. The third-order valence-electron chi connectivity index (χ3n) is 4.66. The highest BCUT2D eigenvalue weighted by Gasteiger charge is 2.24. The molecule has 0 unspecified atom stereocenters. The summed E-state index contributed by atoms with van der Waals surface area (Å²) in [5.41, 5.74) is 5.49. The highest BCUT2D eigenvalue weighted by Crippen LogP contribution is 2.24. The lowest BCUT2D eigenvalue weighted by Gasteiger charge is -2.09. The van der Waals surface area contributed by atoms with E-state index in [1.54, 1.807) is 18.4 Å². The first-order valence-electron chi connectivity index (χ1n) is 9.47. The minimum absolute atomic E-state index is 0.735. The summed E-state index contributed by atoms with van der Waals surface area (Å²) in [5.74, 6) is 0.842. The zero-order valence-corrected chi connectivity index (χ0v) is 17.2. The maximum absolute atomic E-state index is 5.23. The van der Waals surface area contributed by atoms with Gasteiger partial charge in [-0.05, 0) is 36.4 Å². The van der Waals surface area contributed by atoms with Crippen LogP contribution in [0.1, 0.15) is 5.01 Å². The third kappa shape index (κ3) is 4.39. The molecule has 0 fully saturated rings. The Kier molecular flexibility index (Phi) is 5.73. The highest BCUT2D eigenvalue weighted by atomic mass is 32.1. The van der Waals surface area contributed by atoms with Crippen LogP contribution in [0.15, 0.2) is 103 Å². The summed E-state index contributed by atoms with van der Waals surface area (Å²) < 4.78 is 7.55. The Morgan fingerprint density at radius 3 is 2.24 bits per heavy atom. The lowest BCUT2D eigenvalue weighted by molar-refractivity contribution is -0.586. The monoisotopic (exact) mass is 399 g/mol. The van der Waals surface area contributed by atoms with Gasteiger partial charge in [0.05, 0.1) is 18.9 Å². The van der Waals surface area contributed by atoms with Gasteiger partial charge in [-0.1, -0.05) is 54.3 Å². The highest BCUT2D eigenvalue weighted by molar-refractivity contribution is 7.09. The van der Waals surface area contributed by atoms with Gasteiger partial charge in [0, 0.05) is 29.1 Å². The molecule has 0 atom stereocenters. The van der Waals surface area contributed by atoms with Gasteiger partial charge < -0.3 is 10.1 Å². The number of nitrogens with one attached hydrogen (secondary N) is 1. The molecule has 0 aliphatic carbocycles. The van der Waals surface area contributed by atoms with Crippen molar-refractivity contribution in [3.8, 4) is 22.7 Å². The van der Waals surface area contributed by atoms with E-state index in [0.717, 1.165) is 29.2 Å². The molecule has 0 bridgehead atoms. The van der Waals surface area contributed by atoms with E-state index in [4.69, 9.17) is 4.74 Å². The lowest BCUT2D eigenvalue weighted by Crippen LogP contribution is -2.35. The molecule has 1 heterocycles. The van der Waals surface area contributed by atoms with Gasteiger partial charge in [-0.25, -0.2) is 0 Å². The number of hydrogen-bond acceptors (Lipinski definition) is 3. The summed E-state index contributed by atoms with van der Waals surface area (Å²) in [4.78, 5) is 0. The number of para-hydroxylation sites is 1. The van der Waals surface area contributed by atoms with Crippen LogP contribution in [0.3, 0.4) is 0 Å². The molecule has 1 aromatic heterocycles. The molecular formula is C25H23N2OS+. The molecule has 4 heteroatoms. The molecule has 0 aliphatic heterocycles. The van der Waals surface area contributed by atoms with E-state index in [1.165, 1.54) is 16.3 Å². The Bertz CT molecular complexity index is 1090. The first kappa shape index (κ1) is 19.0. The summed E-state index contributed by atoms with van der Waals surface area (Å²) in [7, 11) is 1.67. The van der Waals surface area contributed by atoms with Crippen molar-refractivity contribution >= 4 is 17.0 Å². The Morgan fingerprint density at radius 1 is 0.931 bits per heavy atom. The second kappa shape index (κ2) is 8.76. The van der Waals surface area contributed by atoms with Crippen molar-refractivity contribution in [2.75, 3.05) is 12.4 Å². The molecule has 0 spiro atoms. The number of benzene rings is 3. The van der Waals surface area contributed by atoms with Crippen molar-refractivity contribution < 1.29 is 9.30 Å². The molecule has 0 radical (unpaired) electrons. The normalized spacial score (nSPS) is 10.5. The maximum Gasteiger partial charge on any atom is 0.249 e. The van der Waals surface area contributed by atoms with Crippen LogP contribution in [0.2, 0.25) is 0 Å². The molecule has 1 N–H and O–H groups in total. The van der Waals surface area contributed by atoms with Crippen LogP contribution in [0.25, 0.3) is 16.9 Å². The van der Waals surface area contributed by atoms with E-state index in [0.29, 0.717) is 0 Å². The van der Waals surface area contributed by atoms with Gasteiger partial charge in [-0.15, -0.1) is 4.57 Å². The minimum Gasteiger partial charge on any atom is -0.497 e. The number of hydrogen-bond donors (Lipinski definition) is 1. The standard InChI is InChI=1S/C25H23N2OS/c1-19(26-21-13-15-23(28-2)16-14-21)17-25-27(22-11-7-4-8-12-22)24(18-29-25)20-9-5-3-6-10-20/h3-16,18,26H,1,17H2,2H3/q+1. The SMILES string of the molecule is C=C(Cc1scc(-c2ccccc2)[n+]1-c1ccccc1)Nc1ccc(OC)cc1. The van der Waals surface area contributed by atoms with Gasteiger partial charge in [0.2, 0.25) is 16.4 Å². The van der Waals surface area contributed by atoms with Gasteiger partial charge in [0.25, 0.3) is 0 Å². The van der Waals surface area contributed by atoms with E-state index < -0.39 is 0 Å². The largest absolute Gasteiger partial charge is 0.497 e. The fourth-order valence-corrected chi connectivity index (χ4v) is 4.31. The van der Waals surface area contributed by atoms with Crippen molar-refractivity contribution in [2.45, 2.75) is 6.42 Å². The molecule has 0 amide bonds. The molecular weight excluding hydrogens is 376 g/mol. The average Bonchev–Trinajstić information content (AvgIpc) is 3.19. The molecule has 3 aromatic carbocycles. The summed E-state index contributed by atoms with van der Waals surface area (Å²) in [6.07, 6.45) is 0.735. The van der Waals surface area contributed by atoms with Crippen LogP contribution in [0, 0.1) is 0 Å². The second-order valence-electron chi connectivity index (χ2n) is 6.69. The zero-order chi connectivity index (χ0) is 20.1. The number of rotatable bonds is 7. The Hall–Kier alpha value is -3.37. The van der Waals surface area contributed by atoms with Crippen LogP contribution in [0.5, 0.6) is 5.75 Å². The van der Waals surface area contributed by atoms with Crippen LogP contribution >= 0.6 is 11.3 Å². The van der Waals surface area contributed by atoms with Gasteiger partial charge in [0.15, 0.2) is 0 Å². The quantitative estimate of drug-likeness (QED) is 0.393. The Balaban J connectivity index is 1.63. The van der Waals surface area contributed by atoms with Crippen molar-refractivity contribution in [1.82, 2.24) is 0 Å². The molecule has 0 saturated heterocycles. The topological polar surface area (TPSA) is 25.1 Å². The van der Waals surface area contributed by atoms with E-state index in [-0.39, 0.29) is 0 Å². The van der Waals surface area contributed by atoms with Crippen molar-refractivity contribution in [1.29, 1.82) is 0 Å². The Labute approximate surface area is 175 Å². The van der Waals surface area contributed by atoms with Crippen LogP contribution in [-0.4, -0.2) is 7.11 Å². The first-order chi connectivity index (χ1) is 14.2. The summed E-state index contributed by atoms with van der Waals surface area (Å²) in [6.45, 7) is 4.26. The van der Waals surface area contributed by atoms with E-state index >= 15 is 0 Å². The predicted molar refractivity (Wildman–Crippen MR) is 121 cm³/mol. The third-order valence-corrected chi connectivity index (χ3v) is 5.60. The number of ether oxygens (including phenoxy) is 1. The maximum atomic E-state index is 5.23. The van der Waals surface area contributed by atoms with Crippen molar-refractivity contribution in [2.24, 2.45) is 0 Å². The number of methoxy groups -OCH3 is 1. The number of allylic oxidation sites excluding steroid dienone is 1. The van der Waals surface area contributed by atoms with E-state index in [2.05, 4.69) is 70.4 Å². The molecule has 4 aromatic rings. The number of thiazole rings is 1. The minimum atomic E-state index is 0.735. The fourth-order valence-electron chi connectivity index (χ4n) is 3.26.